The highest BCUT2D eigenvalue weighted by molar-refractivity contribution is 5.08. The van der Waals surface area contributed by atoms with Crippen LogP contribution in [-0.4, -0.2) is 25.8 Å². The van der Waals surface area contributed by atoms with Crippen LogP contribution in [0.4, 0.5) is 0 Å². The summed E-state index contributed by atoms with van der Waals surface area (Å²) >= 11 is 0. The summed E-state index contributed by atoms with van der Waals surface area (Å²) in [7, 11) is 2.12. The van der Waals surface area contributed by atoms with E-state index in [2.05, 4.69) is 33.1 Å². The Morgan fingerprint density at radius 1 is 1.17 bits per heavy atom. The van der Waals surface area contributed by atoms with Crippen LogP contribution in [0.5, 0.6) is 0 Å². The summed E-state index contributed by atoms with van der Waals surface area (Å²) in [5, 5.41) is 3.52. The fraction of sp³-hybridized carbons (Fsp3) is 1.00. The Labute approximate surface area is 113 Å². The molecule has 18 heavy (non-hydrogen) atoms. The number of hydrogen-bond acceptors (Lipinski definition) is 2. The lowest BCUT2D eigenvalue weighted by molar-refractivity contribution is -0.154. The van der Waals surface area contributed by atoms with Crippen molar-refractivity contribution in [1.29, 1.82) is 0 Å². The maximum atomic E-state index is 6.24. The molecule has 0 saturated heterocycles. The zero-order valence-electron chi connectivity index (χ0n) is 12.7. The van der Waals surface area contributed by atoms with Gasteiger partial charge in [0.25, 0.3) is 0 Å². The van der Waals surface area contributed by atoms with Gasteiger partial charge in [-0.05, 0) is 38.1 Å². The highest BCUT2D eigenvalue weighted by Crippen LogP contribution is 2.53. The van der Waals surface area contributed by atoms with Gasteiger partial charge in [-0.2, -0.15) is 0 Å². The molecule has 0 aromatic rings. The molecule has 1 N–H and O–H groups in total. The van der Waals surface area contributed by atoms with Crippen molar-refractivity contribution in [1.82, 2.24) is 5.32 Å². The Balaban J connectivity index is 1.85. The second kappa shape index (κ2) is 5.50. The van der Waals surface area contributed by atoms with Gasteiger partial charge in [-0.15, -0.1) is 0 Å². The van der Waals surface area contributed by atoms with Crippen molar-refractivity contribution in [3.63, 3.8) is 0 Å². The van der Waals surface area contributed by atoms with Gasteiger partial charge in [0.15, 0.2) is 0 Å². The molecule has 2 atom stereocenters. The van der Waals surface area contributed by atoms with Crippen LogP contribution in [0.15, 0.2) is 0 Å². The van der Waals surface area contributed by atoms with E-state index in [1.54, 1.807) is 0 Å². The molecule has 0 aliphatic heterocycles. The third-order valence-corrected chi connectivity index (χ3v) is 5.09. The van der Waals surface area contributed by atoms with Crippen LogP contribution in [0.1, 0.15) is 65.7 Å². The molecule has 2 aliphatic carbocycles. The highest BCUT2D eigenvalue weighted by Gasteiger charge is 2.54. The van der Waals surface area contributed by atoms with Gasteiger partial charge >= 0.3 is 0 Å². The smallest absolute Gasteiger partial charge is 0.0661 e. The first-order valence-corrected chi connectivity index (χ1v) is 7.77. The van der Waals surface area contributed by atoms with Crippen LogP contribution in [0, 0.1) is 10.8 Å². The zero-order chi connectivity index (χ0) is 13.2. The van der Waals surface area contributed by atoms with E-state index < -0.39 is 0 Å². The highest BCUT2D eigenvalue weighted by atomic mass is 16.5. The fourth-order valence-electron chi connectivity index (χ4n) is 3.77. The third-order valence-electron chi connectivity index (χ3n) is 5.09. The second-order valence-electron chi connectivity index (χ2n) is 7.54. The molecule has 0 bridgehead atoms. The van der Waals surface area contributed by atoms with Crippen LogP contribution in [0.3, 0.4) is 0 Å². The van der Waals surface area contributed by atoms with Crippen molar-refractivity contribution in [3.8, 4) is 0 Å². The molecule has 106 valence electrons. The quantitative estimate of drug-likeness (QED) is 0.824. The fourth-order valence-corrected chi connectivity index (χ4v) is 3.77. The van der Waals surface area contributed by atoms with Crippen molar-refractivity contribution >= 4 is 0 Å². The van der Waals surface area contributed by atoms with Gasteiger partial charge < -0.3 is 10.1 Å². The molecule has 0 amide bonds. The summed E-state index contributed by atoms with van der Waals surface area (Å²) in [6.45, 7) is 7.82. The molecule has 2 heteroatoms. The van der Waals surface area contributed by atoms with Crippen molar-refractivity contribution in [2.45, 2.75) is 77.9 Å². The van der Waals surface area contributed by atoms with Gasteiger partial charge in [-0.3, -0.25) is 0 Å². The second-order valence-corrected chi connectivity index (χ2v) is 7.54. The van der Waals surface area contributed by atoms with E-state index in [4.69, 9.17) is 4.74 Å². The van der Waals surface area contributed by atoms with E-state index in [0.717, 1.165) is 6.61 Å². The summed E-state index contributed by atoms with van der Waals surface area (Å²) in [6, 6.07) is 0.706. The molecular weight excluding hydrogens is 222 g/mol. The lowest BCUT2D eigenvalue weighted by atomic mass is 9.55. The summed E-state index contributed by atoms with van der Waals surface area (Å²) in [6.07, 6.45) is 9.89. The number of ether oxygens (including phenoxy) is 1. The van der Waals surface area contributed by atoms with Gasteiger partial charge in [0, 0.05) is 18.1 Å². The van der Waals surface area contributed by atoms with Crippen LogP contribution in [0.2, 0.25) is 0 Å². The van der Waals surface area contributed by atoms with Crippen molar-refractivity contribution in [2.75, 3.05) is 13.7 Å². The maximum Gasteiger partial charge on any atom is 0.0661 e. The molecule has 2 rings (SSSR count). The standard InChI is InChI=1S/C16H31NO/c1-15(2,3)10-11-18-14-12-13(17-4)16(14)8-6-5-7-9-16/h13-14,17H,5-12H2,1-4H3. The molecule has 2 aliphatic rings. The molecule has 1 spiro atoms. The largest absolute Gasteiger partial charge is 0.377 e. The van der Waals surface area contributed by atoms with Gasteiger partial charge in [0.1, 0.15) is 0 Å². The van der Waals surface area contributed by atoms with E-state index >= 15 is 0 Å². The minimum absolute atomic E-state index is 0.395. The SMILES string of the molecule is CNC1CC(OCCC(C)(C)C)C12CCCCC2. The summed E-state index contributed by atoms with van der Waals surface area (Å²) < 4.78 is 6.24. The summed E-state index contributed by atoms with van der Waals surface area (Å²) in [5.74, 6) is 0. The van der Waals surface area contributed by atoms with Gasteiger partial charge in [0.05, 0.1) is 6.10 Å². The Hall–Kier alpha value is -0.0800. The van der Waals surface area contributed by atoms with Crippen LogP contribution < -0.4 is 5.32 Å². The predicted octanol–water partition coefficient (Wildman–Crippen LogP) is 3.75. The molecule has 0 aromatic heterocycles. The minimum atomic E-state index is 0.395. The molecule has 0 heterocycles. The van der Waals surface area contributed by atoms with Gasteiger partial charge in [-0.25, -0.2) is 0 Å². The molecule has 0 aromatic carbocycles. The molecule has 2 unspecified atom stereocenters. The van der Waals surface area contributed by atoms with Crippen molar-refractivity contribution in [2.24, 2.45) is 10.8 Å². The monoisotopic (exact) mass is 253 g/mol. The Kier molecular flexibility index (Phi) is 4.38. The summed E-state index contributed by atoms with van der Waals surface area (Å²) in [5.41, 5.74) is 0.872. The molecule has 2 nitrogen and oxygen atoms in total. The van der Waals surface area contributed by atoms with E-state index in [1.807, 2.05) is 0 Å². The zero-order valence-corrected chi connectivity index (χ0v) is 12.7. The number of hydrogen-bond donors (Lipinski definition) is 1. The summed E-state index contributed by atoms with van der Waals surface area (Å²) in [4.78, 5) is 0. The normalized spacial score (nSPS) is 31.3. The Morgan fingerprint density at radius 2 is 1.83 bits per heavy atom. The maximum absolute atomic E-state index is 6.24. The van der Waals surface area contributed by atoms with Crippen LogP contribution in [-0.2, 0) is 4.74 Å². The van der Waals surface area contributed by atoms with Gasteiger partial charge in [-0.1, -0.05) is 40.0 Å². The topological polar surface area (TPSA) is 21.3 Å². The van der Waals surface area contributed by atoms with Crippen molar-refractivity contribution < 1.29 is 4.74 Å². The average Bonchev–Trinajstić information content (AvgIpc) is 2.32. The average molecular weight is 253 g/mol. The predicted molar refractivity (Wildman–Crippen MR) is 76.8 cm³/mol. The first-order valence-electron chi connectivity index (χ1n) is 7.77. The van der Waals surface area contributed by atoms with Gasteiger partial charge in [0.2, 0.25) is 0 Å². The van der Waals surface area contributed by atoms with E-state index in [0.29, 0.717) is 23.0 Å². The third kappa shape index (κ3) is 2.91. The molecule has 2 saturated carbocycles. The van der Waals surface area contributed by atoms with E-state index in [1.165, 1.54) is 44.9 Å². The van der Waals surface area contributed by atoms with Crippen molar-refractivity contribution in [3.05, 3.63) is 0 Å². The Morgan fingerprint density at radius 3 is 2.39 bits per heavy atom. The Bertz CT molecular complexity index is 263. The lowest BCUT2D eigenvalue weighted by Crippen LogP contribution is -2.63. The number of nitrogens with one attached hydrogen (secondary N) is 1. The first-order chi connectivity index (χ1) is 8.48. The molecule has 2 fully saturated rings. The van der Waals surface area contributed by atoms with E-state index in [-0.39, 0.29) is 0 Å². The lowest BCUT2D eigenvalue weighted by Gasteiger charge is -2.57. The molecule has 0 radical (unpaired) electrons. The van der Waals surface area contributed by atoms with Crippen LogP contribution >= 0.6 is 0 Å². The van der Waals surface area contributed by atoms with Crippen LogP contribution in [0.25, 0.3) is 0 Å². The molecular formula is C16H31NO. The number of rotatable bonds is 4. The first kappa shape index (κ1) is 14.3. The minimum Gasteiger partial charge on any atom is -0.377 e. The van der Waals surface area contributed by atoms with E-state index in [9.17, 15) is 0 Å².